The van der Waals surface area contributed by atoms with Gasteiger partial charge in [-0.05, 0) is 32.1 Å². The average molecular weight is 555 g/mol. The maximum atomic E-state index is 13.1. The fourth-order valence-electron chi connectivity index (χ4n) is 4.07. The number of carbonyl (C=O) groups excluding carboxylic acids is 5. The van der Waals surface area contributed by atoms with Crippen LogP contribution in [-0.4, -0.2) is 77.2 Å². The van der Waals surface area contributed by atoms with Crippen LogP contribution < -0.4 is 16.0 Å². The Bertz CT molecular complexity index is 955. The Morgan fingerprint density at radius 3 is 2.53 bits per heavy atom. The average Bonchev–Trinajstić information content (AvgIpc) is 3.36. The molecule has 2 rings (SSSR count). The Morgan fingerprint density at radius 1 is 1.16 bits per heavy atom. The molecule has 1 aliphatic rings. The van der Waals surface area contributed by atoms with Gasteiger partial charge < -0.3 is 30.5 Å². The highest BCUT2D eigenvalue weighted by Gasteiger charge is 2.32. The molecule has 1 aliphatic heterocycles. The maximum absolute atomic E-state index is 13.1. The third-order valence-electron chi connectivity index (χ3n) is 6.21. The van der Waals surface area contributed by atoms with Gasteiger partial charge in [0.25, 0.3) is 0 Å². The molecule has 1 fully saturated rings. The van der Waals surface area contributed by atoms with Crippen LogP contribution in [0, 0.1) is 5.92 Å². The zero-order valence-corrected chi connectivity index (χ0v) is 23.0. The Labute approximate surface area is 226 Å². The SMILES string of the molecule is COC(=O)CCCC[C@@H]1CC(=O)N[C@H](Cc2cscn2)C(=O)N[C@H](C)C(=O)N[C@H](C(C)C)[C@@H](O)CC(=O)O1. The summed E-state index contributed by atoms with van der Waals surface area (Å²) in [5.74, 6) is -2.95. The molecule has 0 radical (unpaired) electrons. The molecule has 4 N–H and O–H groups in total. The number of methoxy groups -OCH3 is 1. The minimum atomic E-state index is -1.24. The number of esters is 2. The van der Waals surface area contributed by atoms with E-state index in [1.165, 1.54) is 25.4 Å². The molecular weight excluding hydrogens is 516 g/mol. The summed E-state index contributed by atoms with van der Waals surface area (Å²) in [6, 6.07) is -2.76. The van der Waals surface area contributed by atoms with Crippen LogP contribution >= 0.6 is 11.3 Å². The molecule has 0 saturated carbocycles. The van der Waals surface area contributed by atoms with Gasteiger partial charge >= 0.3 is 11.9 Å². The van der Waals surface area contributed by atoms with E-state index in [0.717, 1.165) is 0 Å². The molecular formula is C25H38N4O8S. The zero-order valence-electron chi connectivity index (χ0n) is 22.2. The molecule has 3 amide bonds. The van der Waals surface area contributed by atoms with Crippen LogP contribution in [0.5, 0.6) is 0 Å². The van der Waals surface area contributed by atoms with E-state index in [2.05, 4.69) is 25.7 Å². The van der Waals surface area contributed by atoms with E-state index >= 15 is 0 Å². The molecule has 2 heterocycles. The second-order valence-electron chi connectivity index (χ2n) is 9.72. The predicted octanol–water partition coefficient (Wildman–Crippen LogP) is 0.616. The summed E-state index contributed by atoms with van der Waals surface area (Å²) in [7, 11) is 1.30. The number of hydrogen-bond donors (Lipinski definition) is 4. The second-order valence-corrected chi connectivity index (χ2v) is 10.4. The number of nitrogens with zero attached hydrogens (tertiary/aromatic N) is 1. The van der Waals surface area contributed by atoms with Crippen LogP contribution in [0.2, 0.25) is 0 Å². The molecule has 0 aromatic carbocycles. The lowest BCUT2D eigenvalue weighted by atomic mass is 9.96. The van der Waals surface area contributed by atoms with E-state index in [-0.39, 0.29) is 37.6 Å². The van der Waals surface area contributed by atoms with Crippen molar-refractivity contribution in [2.24, 2.45) is 5.92 Å². The van der Waals surface area contributed by atoms with Gasteiger partial charge in [-0.1, -0.05) is 13.8 Å². The van der Waals surface area contributed by atoms with Gasteiger partial charge in [-0.2, -0.15) is 0 Å². The summed E-state index contributed by atoms with van der Waals surface area (Å²) < 4.78 is 10.2. The van der Waals surface area contributed by atoms with Crippen molar-refractivity contribution >= 4 is 41.0 Å². The third-order valence-corrected chi connectivity index (χ3v) is 6.85. The molecule has 1 saturated heterocycles. The van der Waals surface area contributed by atoms with Gasteiger partial charge in [0.2, 0.25) is 17.7 Å². The lowest BCUT2D eigenvalue weighted by Gasteiger charge is -2.29. The number of thiazole rings is 1. The van der Waals surface area contributed by atoms with Gasteiger partial charge in [0.05, 0.1) is 43.3 Å². The summed E-state index contributed by atoms with van der Waals surface area (Å²) >= 11 is 1.35. The molecule has 13 heteroatoms. The van der Waals surface area contributed by atoms with Crippen molar-refractivity contribution in [3.05, 3.63) is 16.6 Å². The van der Waals surface area contributed by atoms with E-state index < -0.39 is 60.4 Å². The first-order valence-corrected chi connectivity index (χ1v) is 13.7. The topological polar surface area (TPSA) is 173 Å². The summed E-state index contributed by atoms with van der Waals surface area (Å²) in [4.78, 5) is 67.1. The molecule has 12 nitrogen and oxygen atoms in total. The second kappa shape index (κ2) is 15.4. The molecule has 0 bridgehead atoms. The van der Waals surface area contributed by atoms with Crippen LogP contribution in [0.4, 0.5) is 0 Å². The number of carbonyl (C=O) groups is 5. The molecule has 212 valence electrons. The number of rotatable bonds is 8. The molecule has 0 unspecified atom stereocenters. The number of amides is 3. The molecule has 1 aromatic rings. The first-order chi connectivity index (χ1) is 18.0. The smallest absolute Gasteiger partial charge is 0.308 e. The predicted molar refractivity (Wildman–Crippen MR) is 138 cm³/mol. The van der Waals surface area contributed by atoms with Crippen LogP contribution in [0.15, 0.2) is 10.9 Å². The van der Waals surface area contributed by atoms with Crippen molar-refractivity contribution < 1.29 is 38.6 Å². The highest BCUT2D eigenvalue weighted by molar-refractivity contribution is 7.07. The minimum absolute atomic E-state index is 0.104. The van der Waals surface area contributed by atoms with E-state index in [1.54, 1.807) is 24.7 Å². The van der Waals surface area contributed by atoms with E-state index in [1.807, 2.05) is 0 Å². The van der Waals surface area contributed by atoms with Gasteiger partial charge in [-0.25, -0.2) is 4.98 Å². The van der Waals surface area contributed by atoms with Crippen LogP contribution in [0.1, 0.15) is 65.0 Å². The van der Waals surface area contributed by atoms with Crippen molar-refractivity contribution in [3.8, 4) is 0 Å². The monoisotopic (exact) mass is 554 g/mol. The largest absolute Gasteiger partial charge is 0.469 e. The fourth-order valence-corrected chi connectivity index (χ4v) is 4.64. The Kier molecular flexibility index (Phi) is 12.6. The number of ether oxygens (including phenoxy) is 2. The quantitative estimate of drug-likeness (QED) is 0.265. The number of unbranched alkanes of at least 4 members (excludes halogenated alkanes) is 1. The highest BCUT2D eigenvalue weighted by atomic mass is 32.1. The van der Waals surface area contributed by atoms with Crippen molar-refractivity contribution in [1.29, 1.82) is 0 Å². The van der Waals surface area contributed by atoms with Gasteiger partial charge in [0.1, 0.15) is 18.2 Å². The molecule has 5 atom stereocenters. The Balaban J connectivity index is 2.26. The van der Waals surface area contributed by atoms with Crippen molar-refractivity contribution in [2.45, 2.75) is 96.1 Å². The van der Waals surface area contributed by atoms with Crippen molar-refractivity contribution in [1.82, 2.24) is 20.9 Å². The number of aliphatic hydroxyl groups excluding tert-OH is 1. The summed E-state index contributed by atoms with van der Waals surface area (Å²) in [6.45, 7) is 5.07. The summed E-state index contributed by atoms with van der Waals surface area (Å²) in [6.07, 6.45) is -1.17. The van der Waals surface area contributed by atoms with Crippen LogP contribution in [-0.2, 0) is 39.9 Å². The van der Waals surface area contributed by atoms with Gasteiger partial charge in [-0.15, -0.1) is 11.3 Å². The van der Waals surface area contributed by atoms with Gasteiger partial charge in [-0.3, -0.25) is 24.0 Å². The first kappa shape index (κ1) is 31.2. The van der Waals surface area contributed by atoms with Gasteiger partial charge in [0.15, 0.2) is 0 Å². The Morgan fingerprint density at radius 2 is 1.89 bits per heavy atom. The highest BCUT2D eigenvalue weighted by Crippen LogP contribution is 2.16. The molecule has 0 aliphatic carbocycles. The third kappa shape index (κ3) is 10.4. The van der Waals surface area contributed by atoms with Crippen LogP contribution in [0.3, 0.4) is 0 Å². The van der Waals surface area contributed by atoms with Gasteiger partial charge in [0, 0.05) is 18.2 Å². The minimum Gasteiger partial charge on any atom is -0.469 e. The normalized spacial score (nSPS) is 25.9. The number of cyclic esters (lactones) is 1. The molecule has 1 aromatic heterocycles. The lowest BCUT2D eigenvalue weighted by molar-refractivity contribution is -0.154. The lowest BCUT2D eigenvalue weighted by Crippen LogP contribution is -2.56. The van der Waals surface area contributed by atoms with E-state index in [0.29, 0.717) is 18.5 Å². The molecule has 38 heavy (non-hydrogen) atoms. The Hall–Kier alpha value is -3.06. The van der Waals surface area contributed by atoms with Crippen molar-refractivity contribution in [2.75, 3.05) is 7.11 Å². The fraction of sp³-hybridized carbons (Fsp3) is 0.680. The number of hydrogen-bond acceptors (Lipinski definition) is 10. The summed E-state index contributed by atoms with van der Waals surface area (Å²) in [5.41, 5.74) is 2.21. The van der Waals surface area contributed by atoms with Crippen molar-refractivity contribution in [3.63, 3.8) is 0 Å². The maximum Gasteiger partial charge on any atom is 0.308 e. The number of nitrogens with one attached hydrogen (secondary N) is 3. The van der Waals surface area contributed by atoms with E-state index in [4.69, 9.17) is 4.74 Å². The van der Waals surface area contributed by atoms with Crippen LogP contribution in [0.25, 0.3) is 0 Å². The molecule has 0 spiro atoms. The summed E-state index contributed by atoms with van der Waals surface area (Å²) in [5, 5.41) is 20.5. The standard InChI is InChI=1S/C25H38N4O8S/c1-14(2)23-19(30)11-22(33)37-17(7-5-6-8-21(32)36-4)10-20(31)28-18(9-16-12-38-13-26-16)25(35)27-15(3)24(34)29-23/h12-15,17-19,23,30H,5-11H2,1-4H3,(H,27,35)(H,28,31)(H,29,34)/t15-,17-,18-,19+,23-/m1/s1. The van der Waals surface area contributed by atoms with E-state index in [9.17, 15) is 29.1 Å². The number of aliphatic hydroxyl groups is 1. The zero-order chi connectivity index (χ0) is 28.2. The number of aromatic nitrogens is 1. The first-order valence-electron chi connectivity index (χ1n) is 12.7.